The third-order valence-electron chi connectivity index (χ3n) is 3.38. The third kappa shape index (κ3) is 2.62. The van der Waals surface area contributed by atoms with Crippen LogP contribution in [0.2, 0.25) is 0 Å². The van der Waals surface area contributed by atoms with Gasteiger partial charge in [0, 0.05) is 10.3 Å². The van der Waals surface area contributed by atoms with Crippen LogP contribution < -0.4 is 4.74 Å². The van der Waals surface area contributed by atoms with E-state index in [1.165, 1.54) is 4.70 Å². The highest BCUT2D eigenvalue weighted by molar-refractivity contribution is 7.17. The van der Waals surface area contributed by atoms with Gasteiger partial charge in [0.2, 0.25) is 0 Å². The highest BCUT2D eigenvalue weighted by atomic mass is 32.1. The Morgan fingerprint density at radius 3 is 2.81 bits per heavy atom. The lowest BCUT2D eigenvalue weighted by Gasteiger charge is -2.11. The number of para-hydroxylation sites is 1. The fourth-order valence-corrected chi connectivity index (χ4v) is 3.25. The number of aromatic carboxylic acids is 1. The van der Waals surface area contributed by atoms with Crippen molar-refractivity contribution in [2.24, 2.45) is 0 Å². The Morgan fingerprint density at radius 2 is 2.00 bits per heavy atom. The van der Waals surface area contributed by atoms with Crippen molar-refractivity contribution in [2.45, 2.75) is 13.5 Å². The van der Waals surface area contributed by atoms with Gasteiger partial charge in [0.15, 0.2) is 0 Å². The third-order valence-corrected chi connectivity index (χ3v) is 4.39. The topological polar surface area (TPSA) is 46.5 Å². The molecule has 4 heteroatoms. The maximum absolute atomic E-state index is 11.3. The van der Waals surface area contributed by atoms with E-state index in [4.69, 9.17) is 4.74 Å². The Balaban J connectivity index is 1.90. The van der Waals surface area contributed by atoms with Gasteiger partial charge in [0.1, 0.15) is 17.9 Å². The highest BCUT2D eigenvalue weighted by Crippen LogP contribution is 2.29. The van der Waals surface area contributed by atoms with Crippen molar-refractivity contribution in [1.82, 2.24) is 0 Å². The monoisotopic (exact) mass is 298 g/mol. The Bertz CT molecular complexity index is 805. The first kappa shape index (κ1) is 13.6. The molecule has 0 amide bonds. The van der Waals surface area contributed by atoms with Crippen LogP contribution in [0.25, 0.3) is 10.1 Å². The summed E-state index contributed by atoms with van der Waals surface area (Å²) >= 11 is 1.67. The summed E-state index contributed by atoms with van der Waals surface area (Å²) < 4.78 is 7.02. The number of thiophene rings is 1. The van der Waals surface area contributed by atoms with E-state index in [9.17, 15) is 9.90 Å². The van der Waals surface area contributed by atoms with Gasteiger partial charge in [-0.1, -0.05) is 30.3 Å². The Hall–Kier alpha value is -2.33. The predicted octanol–water partition coefficient (Wildman–Crippen LogP) is 4.49. The summed E-state index contributed by atoms with van der Waals surface area (Å²) in [7, 11) is 0. The molecule has 106 valence electrons. The van der Waals surface area contributed by atoms with Crippen LogP contribution in [-0.2, 0) is 6.61 Å². The number of fused-ring (bicyclic) bond motifs is 1. The molecule has 0 fully saturated rings. The quantitative estimate of drug-likeness (QED) is 0.772. The molecule has 0 atom stereocenters. The van der Waals surface area contributed by atoms with Crippen molar-refractivity contribution in [3.05, 3.63) is 64.5 Å². The zero-order valence-corrected chi connectivity index (χ0v) is 12.3. The van der Waals surface area contributed by atoms with Gasteiger partial charge in [0.25, 0.3) is 0 Å². The summed E-state index contributed by atoms with van der Waals surface area (Å²) in [6.07, 6.45) is 0. The second-order valence-corrected chi connectivity index (χ2v) is 5.71. The van der Waals surface area contributed by atoms with E-state index < -0.39 is 5.97 Å². The Morgan fingerprint density at radius 1 is 1.19 bits per heavy atom. The summed E-state index contributed by atoms with van der Waals surface area (Å²) in [5.74, 6) is -0.524. The Labute approximate surface area is 126 Å². The molecule has 0 bridgehead atoms. The van der Waals surface area contributed by atoms with E-state index in [1.807, 2.05) is 25.1 Å². The molecule has 0 saturated carbocycles. The van der Waals surface area contributed by atoms with Crippen LogP contribution in [0.4, 0.5) is 0 Å². The number of hydrogen-bond donors (Lipinski definition) is 1. The zero-order chi connectivity index (χ0) is 14.8. The van der Waals surface area contributed by atoms with E-state index in [0.717, 1.165) is 16.5 Å². The van der Waals surface area contributed by atoms with Crippen molar-refractivity contribution in [3.8, 4) is 5.75 Å². The minimum Gasteiger partial charge on any atom is -0.488 e. The molecule has 0 spiro atoms. The summed E-state index contributed by atoms with van der Waals surface area (Å²) in [5.41, 5.74) is 2.11. The van der Waals surface area contributed by atoms with Crippen molar-refractivity contribution in [3.63, 3.8) is 0 Å². The maximum Gasteiger partial charge on any atom is 0.339 e. The van der Waals surface area contributed by atoms with Crippen molar-refractivity contribution in [2.75, 3.05) is 0 Å². The number of benzene rings is 2. The average Bonchev–Trinajstić information content (AvgIpc) is 2.89. The minimum absolute atomic E-state index is 0.203. The molecular weight excluding hydrogens is 284 g/mol. The number of carboxylic acid groups (broad SMARTS) is 1. The summed E-state index contributed by atoms with van der Waals surface area (Å²) in [6.45, 7) is 2.22. The molecule has 3 aromatic rings. The molecular formula is C17H14O3S. The van der Waals surface area contributed by atoms with Gasteiger partial charge in [-0.3, -0.25) is 0 Å². The van der Waals surface area contributed by atoms with E-state index in [-0.39, 0.29) is 5.56 Å². The van der Waals surface area contributed by atoms with E-state index >= 15 is 0 Å². The fourth-order valence-electron chi connectivity index (χ4n) is 2.31. The standard InChI is InChI=1S/C17H14O3S/c1-11-5-4-7-14(17(18)19)16(11)20-9-12-10-21-15-8-3-2-6-13(12)15/h2-8,10H,9H2,1H3,(H,18,19). The van der Waals surface area contributed by atoms with Crippen molar-refractivity contribution >= 4 is 27.4 Å². The lowest BCUT2D eigenvalue weighted by atomic mass is 10.1. The molecule has 0 saturated heterocycles. The highest BCUT2D eigenvalue weighted by Gasteiger charge is 2.14. The first-order valence-corrected chi connectivity index (χ1v) is 7.45. The SMILES string of the molecule is Cc1cccc(C(=O)O)c1OCc1csc2ccccc12. The van der Waals surface area contributed by atoms with E-state index in [1.54, 1.807) is 23.5 Å². The normalized spacial score (nSPS) is 10.7. The molecule has 3 nitrogen and oxygen atoms in total. The second-order valence-electron chi connectivity index (χ2n) is 4.80. The molecule has 3 rings (SSSR count). The first-order chi connectivity index (χ1) is 10.2. The molecule has 0 unspecified atom stereocenters. The smallest absolute Gasteiger partial charge is 0.339 e. The zero-order valence-electron chi connectivity index (χ0n) is 11.5. The largest absolute Gasteiger partial charge is 0.488 e. The van der Waals surface area contributed by atoms with Crippen LogP contribution in [0.1, 0.15) is 21.5 Å². The van der Waals surface area contributed by atoms with Gasteiger partial charge in [-0.15, -0.1) is 11.3 Å². The van der Waals surface area contributed by atoms with Crippen LogP contribution in [-0.4, -0.2) is 11.1 Å². The molecule has 0 aliphatic rings. The fraction of sp³-hybridized carbons (Fsp3) is 0.118. The average molecular weight is 298 g/mol. The number of ether oxygens (including phenoxy) is 1. The summed E-state index contributed by atoms with van der Waals surface area (Å²) in [4.78, 5) is 11.3. The molecule has 2 aromatic carbocycles. The lowest BCUT2D eigenvalue weighted by molar-refractivity contribution is 0.0691. The number of carbonyl (C=O) groups is 1. The predicted molar refractivity (Wildman–Crippen MR) is 84.3 cm³/mol. The minimum atomic E-state index is -0.969. The van der Waals surface area contributed by atoms with Crippen LogP contribution in [0.5, 0.6) is 5.75 Å². The number of carboxylic acids is 1. The molecule has 0 aliphatic carbocycles. The van der Waals surface area contributed by atoms with E-state index in [0.29, 0.717) is 12.4 Å². The van der Waals surface area contributed by atoms with Gasteiger partial charge < -0.3 is 9.84 Å². The summed E-state index contributed by atoms with van der Waals surface area (Å²) in [5, 5.41) is 12.5. The number of hydrogen-bond acceptors (Lipinski definition) is 3. The maximum atomic E-state index is 11.3. The van der Waals surface area contributed by atoms with Gasteiger partial charge in [-0.2, -0.15) is 0 Å². The molecule has 1 heterocycles. The summed E-state index contributed by atoms with van der Waals surface area (Å²) in [6, 6.07) is 13.3. The Kier molecular flexibility index (Phi) is 3.62. The van der Waals surface area contributed by atoms with Crippen molar-refractivity contribution in [1.29, 1.82) is 0 Å². The van der Waals surface area contributed by atoms with Crippen LogP contribution in [0.15, 0.2) is 47.8 Å². The second kappa shape index (κ2) is 5.58. The molecule has 0 aliphatic heterocycles. The number of rotatable bonds is 4. The van der Waals surface area contributed by atoms with Gasteiger partial charge in [0.05, 0.1) is 0 Å². The van der Waals surface area contributed by atoms with Crippen molar-refractivity contribution < 1.29 is 14.6 Å². The lowest BCUT2D eigenvalue weighted by Crippen LogP contribution is -2.04. The van der Waals surface area contributed by atoms with Gasteiger partial charge in [-0.05, 0) is 35.4 Å². The van der Waals surface area contributed by atoms with Gasteiger partial charge in [-0.25, -0.2) is 4.79 Å². The molecule has 1 N–H and O–H groups in total. The first-order valence-electron chi connectivity index (χ1n) is 6.57. The van der Waals surface area contributed by atoms with Crippen LogP contribution >= 0.6 is 11.3 Å². The van der Waals surface area contributed by atoms with Crippen LogP contribution in [0.3, 0.4) is 0 Å². The molecule has 1 aromatic heterocycles. The van der Waals surface area contributed by atoms with Gasteiger partial charge >= 0.3 is 5.97 Å². The van der Waals surface area contributed by atoms with Crippen LogP contribution in [0, 0.1) is 6.92 Å². The number of aryl methyl sites for hydroxylation is 1. The molecule has 0 radical (unpaired) electrons. The van der Waals surface area contributed by atoms with E-state index in [2.05, 4.69) is 17.5 Å². The molecule has 21 heavy (non-hydrogen) atoms.